The number of phenolic OH excluding ortho intramolecular Hbond substituents is 1. The number of hydrogen-bond donors (Lipinski definition) is 5. The number of carbonyl (C=O) groups excluding carboxylic acids is 4. The van der Waals surface area contributed by atoms with Crippen molar-refractivity contribution in [3.63, 3.8) is 0 Å². The van der Waals surface area contributed by atoms with Crippen molar-refractivity contribution in [1.82, 2.24) is 25.3 Å². The molecule has 0 aromatic heterocycles. The van der Waals surface area contributed by atoms with Gasteiger partial charge in [0.25, 0.3) is 0 Å². The monoisotopic (exact) mass is 615 g/mol. The van der Waals surface area contributed by atoms with Gasteiger partial charge in [0.2, 0.25) is 23.6 Å². The zero-order valence-corrected chi connectivity index (χ0v) is 24.5. The number of hydrogen-bond acceptors (Lipinski definition) is 10. The molecule has 1 aromatic rings. The summed E-state index contributed by atoms with van der Waals surface area (Å²) in [5, 5.41) is 37.4. The quantitative estimate of drug-likeness (QED) is 0.253. The number of phenols is 1. The third kappa shape index (κ3) is 6.26. The fourth-order valence-electron chi connectivity index (χ4n) is 7.12. The Morgan fingerprint density at radius 1 is 0.977 bits per heavy atom. The zero-order chi connectivity index (χ0) is 31.0. The molecule has 5 aliphatic rings. The highest BCUT2D eigenvalue weighted by atomic mass is 16.5. The van der Waals surface area contributed by atoms with Crippen molar-refractivity contribution < 1.29 is 44.0 Å². The van der Waals surface area contributed by atoms with E-state index in [2.05, 4.69) is 10.6 Å². The van der Waals surface area contributed by atoms with Crippen molar-refractivity contribution in [3.8, 4) is 5.75 Å². The number of amides is 4. The van der Waals surface area contributed by atoms with Crippen LogP contribution < -0.4 is 10.6 Å². The standard InChI is InChI=1S/C30H41N5O9/c36-22-4-2-1-3-18(22)14-34-15-19-11-20(34)30(42)33-7-8-35(29(41)17-5-9-43-10-6-17)21(16-33)28(40)31-13-24-27(39)26(38)23(44-24)12-25(37)32-19/h1-4,17,19-21,23-24,26-27,36,38-39H,5-16H2,(H,31,40)(H,32,37)/t19-,20-,21-,23-,24+,26-,27+/m0/s1. The predicted octanol–water partition coefficient (Wildman–Crippen LogP) is -2.07. The molecule has 14 nitrogen and oxygen atoms in total. The summed E-state index contributed by atoms with van der Waals surface area (Å²) in [5.74, 6) is -1.41. The molecule has 240 valence electrons. The van der Waals surface area contributed by atoms with Gasteiger partial charge in [-0.3, -0.25) is 24.1 Å². The molecule has 14 heteroatoms. The number of nitrogens with zero attached hydrogens (tertiary/aromatic N) is 3. The molecule has 0 spiro atoms. The summed E-state index contributed by atoms with van der Waals surface area (Å²) in [5.41, 5.74) is 0.634. The number of ether oxygens (including phenoxy) is 2. The average Bonchev–Trinajstić information content (AvgIpc) is 3.54. The summed E-state index contributed by atoms with van der Waals surface area (Å²) < 4.78 is 11.2. The topological polar surface area (TPSA) is 181 Å². The molecule has 0 aliphatic carbocycles. The van der Waals surface area contributed by atoms with Crippen LogP contribution in [0.2, 0.25) is 0 Å². The maximum atomic E-state index is 14.1. The highest BCUT2D eigenvalue weighted by Gasteiger charge is 2.47. The van der Waals surface area contributed by atoms with E-state index in [1.54, 1.807) is 34.1 Å². The van der Waals surface area contributed by atoms with Gasteiger partial charge in [0.15, 0.2) is 0 Å². The Hall–Kier alpha value is -3.30. The Labute approximate surface area is 255 Å². The number of aromatic hydroxyl groups is 1. The van der Waals surface area contributed by atoms with Crippen molar-refractivity contribution in [2.45, 2.75) is 74.8 Å². The minimum Gasteiger partial charge on any atom is -0.508 e. The Morgan fingerprint density at radius 2 is 1.73 bits per heavy atom. The van der Waals surface area contributed by atoms with E-state index in [4.69, 9.17) is 9.47 Å². The summed E-state index contributed by atoms with van der Waals surface area (Å²) in [7, 11) is 0. The number of piperazine rings is 1. The molecule has 0 radical (unpaired) electrons. The van der Waals surface area contributed by atoms with Crippen LogP contribution >= 0.6 is 0 Å². The van der Waals surface area contributed by atoms with E-state index < -0.39 is 48.4 Å². The molecule has 0 saturated carbocycles. The molecule has 5 heterocycles. The van der Waals surface area contributed by atoms with Gasteiger partial charge in [0.05, 0.1) is 25.1 Å². The summed E-state index contributed by atoms with van der Waals surface area (Å²) in [4.78, 5) is 59.5. The Balaban J connectivity index is 1.28. The van der Waals surface area contributed by atoms with Gasteiger partial charge >= 0.3 is 0 Å². The average molecular weight is 616 g/mol. The van der Waals surface area contributed by atoms with Gasteiger partial charge < -0.3 is 45.2 Å². The molecule has 6 bridgehead atoms. The van der Waals surface area contributed by atoms with Gasteiger partial charge in [-0.1, -0.05) is 18.2 Å². The molecule has 0 unspecified atom stereocenters. The van der Waals surface area contributed by atoms with E-state index in [9.17, 15) is 34.5 Å². The lowest BCUT2D eigenvalue weighted by molar-refractivity contribution is -0.154. The fourth-order valence-corrected chi connectivity index (χ4v) is 7.12. The molecule has 5 aliphatic heterocycles. The number of benzene rings is 1. The number of nitrogens with one attached hydrogen (secondary N) is 2. The van der Waals surface area contributed by atoms with Gasteiger partial charge in [0, 0.05) is 63.5 Å². The second-order valence-electron chi connectivity index (χ2n) is 12.4. The molecule has 6 rings (SSSR count). The molecular formula is C30H41N5O9. The highest BCUT2D eigenvalue weighted by molar-refractivity contribution is 5.91. The van der Waals surface area contributed by atoms with Crippen molar-refractivity contribution in [1.29, 1.82) is 0 Å². The number of para-hydroxylation sites is 1. The molecule has 1 aromatic carbocycles. The minimum absolute atomic E-state index is 0.0170. The summed E-state index contributed by atoms with van der Waals surface area (Å²) in [6.07, 6.45) is -3.37. The van der Waals surface area contributed by atoms with E-state index in [0.29, 0.717) is 44.6 Å². The molecule has 44 heavy (non-hydrogen) atoms. The lowest BCUT2D eigenvalue weighted by Crippen LogP contribution is -2.64. The van der Waals surface area contributed by atoms with Crippen molar-refractivity contribution in [3.05, 3.63) is 29.8 Å². The zero-order valence-electron chi connectivity index (χ0n) is 24.5. The Bertz CT molecular complexity index is 1260. The molecule has 5 N–H and O–H groups in total. The van der Waals surface area contributed by atoms with E-state index in [-0.39, 0.29) is 68.5 Å². The van der Waals surface area contributed by atoms with Crippen LogP contribution in [0.3, 0.4) is 0 Å². The second-order valence-corrected chi connectivity index (χ2v) is 12.4. The first-order valence-electron chi connectivity index (χ1n) is 15.5. The van der Waals surface area contributed by atoms with Gasteiger partial charge in [0.1, 0.15) is 30.1 Å². The van der Waals surface area contributed by atoms with Crippen LogP contribution in [0.5, 0.6) is 5.75 Å². The van der Waals surface area contributed by atoms with Gasteiger partial charge in [-0.25, -0.2) is 0 Å². The first kappa shape index (κ1) is 30.7. The van der Waals surface area contributed by atoms with Crippen molar-refractivity contribution >= 4 is 23.6 Å². The SMILES string of the molecule is O=C1C[C@@H]2O[C@H](CNC(=O)[C@@H]3CN(CCN3C(=O)C3CCOCC3)C(=O)[C@@H]3C[C@@H](CN3Cc3ccccc3O)N1)[C@@H](O)[C@H]2O. The lowest BCUT2D eigenvalue weighted by atomic mass is 9.96. The molecule has 4 amide bonds. The first-order valence-corrected chi connectivity index (χ1v) is 15.5. The van der Waals surface area contributed by atoms with Crippen LogP contribution in [0.15, 0.2) is 24.3 Å². The number of fused-ring (bicyclic) bond motifs is 6. The molecule has 5 fully saturated rings. The van der Waals surface area contributed by atoms with Gasteiger partial charge in [-0.05, 0) is 25.3 Å². The van der Waals surface area contributed by atoms with Crippen LogP contribution in [0.25, 0.3) is 0 Å². The first-order chi connectivity index (χ1) is 21.2. The number of aliphatic hydroxyl groups excluding tert-OH is 2. The van der Waals surface area contributed by atoms with E-state index in [1.165, 1.54) is 0 Å². The van der Waals surface area contributed by atoms with Gasteiger partial charge in [-0.15, -0.1) is 0 Å². The fraction of sp³-hybridized carbons (Fsp3) is 0.667. The van der Waals surface area contributed by atoms with Crippen LogP contribution in [0, 0.1) is 5.92 Å². The van der Waals surface area contributed by atoms with Crippen molar-refractivity contribution in [2.24, 2.45) is 5.92 Å². The van der Waals surface area contributed by atoms with E-state index in [1.807, 2.05) is 4.90 Å². The molecule has 5 saturated heterocycles. The third-order valence-corrected chi connectivity index (χ3v) is 9.59. The third-order valence-electron chi connectivity index (χ3n) is 9.59. The molecule has 7 atom stereocenters. The number of likely N-dealkylation sites (tertiary alicyclic amines) is 1. The Morgan fingerprint density at radius 3 is 2.50 bits per heavy atom. The second kappa shape index (κ2) is 13.0. The minimum atomic E-state index is -1.33. The number of aliphatic hydroxyl groups is 2. The van der Waals surface area contributed by atoms with E-state index in [0.717, 1.165) is 0 Å². The van der Waals surface area contributed by atoms with Crippen LogP contribution in [0.1, 0.15) is 31.2 Å². The number of rotatable bonds is 3. The van der Waals surface area contributed by atoms with Crippen LogP contribution in [-0.2, 0) is 35.2 Å². The smallest absolute Gasteiger partial charge is 0.244 e. The van der Waals surface area contributed by atoms with Gasteiger partial charge in [-0.2, -0.15) is 0 Å². The summed E-state index contributed by atoms with van der Waals surface area (Å²) in [6, 6.07) is 4.87. The summed E-state index contributed by atoms with van der Waals surface area (Å²) in [6.45, 7) is 1.80. The molecular weight excluding hydrogens is 574 g/mol. The number of carbonyl (C=O) groups is 4. The normalized spacial score (nSPS) is 34.1. The van der Waals surface area contributed by atoms with Crippen molar-refractivity contribution in [2.75, 3.05) is 45.9 Å². The predicted molar refractivity (Wildman–Crippen MR) is 153 cm³/mol. The largest absolute Gasteiger partial charge is 0.508 e. The Kier molecular flexibility index (Phi) is 9.06. The maximum absolute atomic E-state index is 14.1. The highest BCUT2D eigenvalue weighted by Crippen LogP contribution is 2.29. The van der Waals surface area contributed by atoms with E-state index >= 15 is 0 Å². The van der Waals surface area contributed by atoms with Crippen LogP contribution in [0.4, 0.5) is 0 Å². The maximum Gasteiger partial charge on any atom is 0.244 e. The summed E-state index contributed by atoms with van der Waals surface area (Å²) >= 11 is 0. The van der Waals surface area contributed by atoms with Crippen LogP contribution in [-0.4, -0.2) is 142 Å². The lowest BCUT2D eigenvalue weighted by Gasteiger charge is -2.43.